The Morgan fingerprint density at radius 1 is 1.27 bits per heavy atom. The molecule has 134 valence electrons. The van der Waals surface area contributed by atoms with Gasteiger partial charge in [-0.05, 0) is 36.6 Å². The zero-order chi connectivity index (χ0) is 18.1. The highest BCUT2D eigenvalue weighted by molar-refractivity contribution is 7.16. The molecule has 0 saturated heterocycles. The van der Waals surface area contributed by atoms with Gasteiger partial charge in [0.05, 0.1) is 21.4 Å². The van der Waals surface area contributed by atoms with Crippen LogP contribution in [0.1, 0.15) is 36.7 Å². The SMILES string of the molecule is CC(=O)Nc1ncc2c(n1)CCN([C@@H](C)c1ccc3scnc3c1)CC2. The summed E-state index contributed by atoms with van der Waals surface area (Å²) in [5.74, 6) is 0.248. The molecule has 1 atom stereocenters. The average molecular weight is 367 g/mol. The molecule has 3 aromatic rings. The molecule has 2 aromatic heterocycles. The van der Waals surface area contributed by atoms with Crippen molar-refractivity contribution in [2.24, 2.45) is 0 Å². The quantitative estimate of drug-likeness (QED) is 0.770. The summed E-state index contributed by atoms with van der Waals surface area (Å²) in [7, 11) is 0. The molecule has 0 radical (unpaired) electrons. The molecule has 0 unspecified atom stereocenters. The third-order valence-corrected chi connectivity index (χ3v) is 5.74. The molecule has 0 bridgehead atoms. The molecule has 6 nitrogen and oxygen atoms in total. The molecule has 7 heteroatoms. The van der Waals surface area contributed by atoms with Crippen LogP contribution in [0.2, 0.25) is 0 Å². The lowest BCUT2D eigenvalue weighted by atomic mass is 10.1. The molecule has 0 spiro atoms. The predicted octanol–water partition coefficient (Wildman–Crippen LogP) is 3.21. The molecular weight excluding hydrogens is 346 g/mol. The van der Waals surface area contributed by atoms with Crippen LogP contribution in [-0.4, -0.2) is 38.8 Å². The summed E-state index contributed by atoms with van der Waals surface area (Å²) in [6.07, 6.45) is 3.62. The van der Waals surface area contributed by atoms with E-state index >= 15 is 0 Å². The molecule has 3 heterocycles. The van der Waals surface area contributed by atoms with E-state index < -0.39 is 0 Å². The molecule has 1 aromatic carbocycles. The number of amides is 1. The molecule has 26 heavy (non-hydrogen) atoms. The molecule has 1 amide bonds. The molecule has 4 rings (SSSR count). The minimum Gasteiger partial charge on any atom is -0.296 e. The molecule has 0 saturated carbocycles. The second-order valence-corrected chi connectivity index (χ2v) is 7.52. The summed E-state index contributed by atoms with van der Waals surface area (Å²) >= 11 is 1.67. The number of thiazole rings is 1. The first kappa shape index (κ1) is 17.1. The first-order valence-corrected chi connectivity index (χ1v) is 9.67. The molecular formula is C19H21N5OS. The summed E-state index contributed by atoms with van der Waals surface area (Å²) in [6, 6.07) is 6.88. The van der Waals surface area contributed by atoms with Crippen molar-refractivity contribution in [1.29, 1.82) is 0 Å². The molecule has 1 aliphatic heterocycles. The van der Waals surface area contributed by atoms with Gasteiger partial charge in [-0.15, -0.1) is 11.3 Å². The smallest absolute Gasteiger partial charge is 0.229 e. The van der Waals surface area contributed by atoms with Crippen molar-refractivity contribution >= 4 is 33.4 Å². The highest BCUT2D eigenvalue weighted by Gasteiger charge is 2.21. The van der Waals surface area contributed by atoms with Crippen LogP contribution in [0.15, 0.2) is 29.9 Å². The third-order valence-electron chi connectivity index (χ3n) is 4.93. The first-order chi connectivity index (χ1) is 12.6. The van der Waals surface area contributed by atoms with Crippen LogP contribution in [0.4, 0.5) is 5.95 Å². The van der Waals surface area contributed by atoms with E-state index in [1.807, 2.05) is 11.7 Å². The number of carbonyl (C=O) groups excluding carboxylic acids is 1. The number of aromatic nitrogens is 3. The van der Waals surface area contributed by atoms with Crippen molar-refractivity contribution in [2.75, 3.05) is 18.4 Å². The van der Waals surface area contributed by atoms with Gasteiger partial charge in [0.1, 0.15) is 0 Å². The highest BCUT2D eigenvalue weighted by atomic mass is 32.1. The van der Waals surface area contributed by atoms with E-state index in [9.17, 15) is 4.79 Å². The Bertz CT molecular complexity index is 954. The van der Waals surface area contributed by atoms with Gasteiger partial charge in [-0.3, -0.25) is 15.0 Å². The van der Waals surface area contributed by atoms with Crippen LogP contribution in [0.3, 0.4) is 0 Å². The monoisotopic (exact) mass is 367 g/mol. The van der Waals surface area contributed by atoms with Crippen LogP contribution in [-0.2, 0) is 17.6 Å². The standard InChI is InChI=1S/C19H21N5OS/c1-12(14-3-4-18-17(9-14)21-11-26-18)24-7-5-15-10-20-19(22-13(2)25)23-16(15)6-8-24/h3-4,9-12H,5-8H2,1-2H3,(H,20,22,23,25)/t12-/m0/s1. The maximum Gasteiger partial charge on any atom is 0.229 e. The van der Waals surface area contributed by atoms with Gasteiger partial charge >= 0.3 is 0 Å². The lowest BCUT2D eigenvalue weighted by Gasteiger charge is -2.27. The second-order valence-electron chi connectivity index (χ2n) is 6.64. The van der Waals surface area contributed by atoms with Gasteiger partial charge in [0.2, 0.25) is 11.9 Å². The van der Waals surface area contributed by atoms with Gasteiger partial charge in [0.15, 0.2) is 0 Å². The van der Waals surface area contributed by atoms with Crippen LogP contribution in [0.25, 0.3) is 10.2 Å². The number of nitrogens with zero attached hydrogens (tertiary/aromatic N) is 4. The van der Waals surface area contributed by atoms with E-state index in [1.165, 1.54) is 22.8 Å². The Kier molecular flexibility index (Phi) is 4.65. The lowest BCUT2D eigenvalue weighted by molar-refractivity contribution is -0.114. The van der Waals surface area contributed by atoms with Crippen molar-refractivity contribution in [1.82, 2.24) is 19.9 Å². The van der Waals surface area contributed by atoms with Crippen LogP contribution >= 0.6 is 11.3 Å². The van der Waals surface area contributed by atoms with Crippen LogP contribution < -0.4 is 5.32 Å². The molecule has 1 N–H and O–H groups in total. The molecule has 0 aliphatic carbocycles. The number of anilines is 1. The van der Waals surface area contributed by atoms with E-state index in [-0.39, 0.29) is 5.91 Å². The van der Waals surface area contributed by atoms with Crippen molar-refractivity contribution in [3.05, 3.63) is 46.7 Å². The number of fused-ring (bicyclic) bond motifs is 2. The van der Waals surface area contributed by atoms with Crippen molar-refractivity contribution in [3.8, 4) is 0 Å². The van der Waals surface area contributed by atoms with Gasteiger partial charge in [0, 0.05) is 38.7 Å². The Morgan fingerprint density at radius 2 is 2.12 bits per heavy atom. The van der Waals surface area contributed by atoms with Gasteiger partial charge in [0.25, 0.3) is 0 Å². The maximum absolute atomic E-state index is 11.2. The maximum atomic E-state index is 11.2. The number of rotatable bonds is 3. The summed E-state index contributed by atoms with van der Waals surface area (Å²) in [5, 5.41) is 2.67. The van der Waals surface area contributed by atoms with Gasteiger partial charge in [-0.25, -0.2) is 15.0 Å². The zero-order valence-corrected chi connectivity index (χ0v) is 15.7. The van der Waals surface area contributed by atoms with Crippen molar-refractivity contribution in [2.45, 2.75) is 32.7 Å². The van der Waals surface area contributed by atoms with Gasteiger partial charge in [-0.1, -0.05) is 6.07 Å². The third kappa shape index (κ3) is 3.45. The topological polar surface area (TPSA) is 71.0 Å². The number of hydrogen-bond acceptors (Lipinski definition) is 6. The second kappa shape index (κ2) is 7.09. The first-order valence-electron chi connectivity index (χ1n) is 8.80. The summed E-state index contributed by atoms with van der Waals surface area (Å²) < 4.78 is 1.23. The van der Waals surface area contributed by atoms with Crippen molar-refractivity contribution in [3.63, 3.8) is 0 Å². The number of nitrogens with one attached hydrogen (secondary N) is 1. The zero-order valence-electron chi connectivity index (χ0n) is 14.9. The van der Waals surface area contributed by atoms with Crippen LogP contribution in [0, 0.1) is 0 Å². The fourth-order valence-electron chi connectivity index (χ4n) is 3.44. The Morgan fingerprint density at radius 3 is 2.96 bits per heavy atom. The number of hydrogen-bond donors (Lipinski definition) is 1. The molecule has 0 fully saturated rings. The van der Waals surface area contributed by atoms with Crippen molar-refractivity contribution < 1.29 is 4.79 Å². The fraction of sp³-hybridized carbons (Fsp3) is 0.368. The lowest BCUT2D eigenvalue weighted by Crippen LogP contribution is -2.29. The largest absolute Gasteiger partial charge is 0.296 e. The van der Waals surface area contributed by atoms with E-state index in [0.29, 0.717) is 12.0 Å². The normalized spacial score (nSPS) is 16.1. The minimum atomic E-state index is -0.147. The highest BCUT2D eigenvalue weighted by Crippen LogP contribution is 2.27. The predicted molar refractivity (Wildman–Crippen MR) is 103 cm³/mol. The Balaban J connectivity index is 1.51. The summed E-state index contributed by atoms with van der Waals surface area (Å²) in [4.78, 5) is 26.9. The van der Waals surface area contributed by atoms with Gasteiger partial charge < -0.3 is 0 Å². The number of benzene rings is 1. The van der Waals surface area contributed by atoms with E-state index in [1.54, 1.807) is 11.3 Å². The van der Waals surface area contributed by atoms with Crippen LogP contribution in [0.5, 0.6) is 0 Å². The minimum absolute atomic E-state index is 0.147. The average Bonchev–Trinajstić information content (AvgIpc) is 2.99. The fourth-order valence-corrected chi connectivity index (χ4v) is 4.10. The Hall–Kier alpha value is -2.38. The molecule has 1 aliphatic rings. The summed E-state index contributed by atoms with van der Waals surface area (Å²) in [5.41, 5.74) is 6.47. The van der Waals surface area contributed by atoms with E-state index in [2.05, 4.69) is 50.3 Å². The van der Waals surface area contributed by atoms with Gasteiger partial charge in [-0.2, -0.15) is 0 Å². The van der Waals surface area contributed by atoms with E-state index in [0.717, 1.165) is 37.1 Å². The summed E-state index contributed by atoms with van der Waals surface area (Å²) in [6.45, 7) is 5.61. The number of carbonyl (C=O) groups is 1. The Labute approximate surface area is 156 Å². The van der Waals surface area contributed by atoms with E-state index in [4.69, 9.17) is 0 Å².